The summed E-state index contributed by atoms with van der Waals surface area (Å²) in [7, 11) is 0. The standard InChI is InChI=1S/C11H10F4N4/c12-6-1-2-7(8(5-6)11(13,14)15)10-17-9(3-4-16)18-19-10/h1-2,5H,3-4,16H2,(H,17,18,19). The van der Waals surface area contributed by atoms with Crippen molar-refractivity contribution in [2.24, 2.45) is 5.73 Å². The van der Waals surface area contributed by atoms with Crippen molar-refractivity contribution in [2.45, 2.75) is 12.6 Å². The highest BCUT2D eigenvalue weighted by atomic mass is 19.4. The summed E-state index contributed by atoms with van der Waals surface area (Å²) in [4.78, 5) is 3.90. The Labute approximate surface area is 105 Å². The van der Waals surface area contributed by atoms with Crippen LogP contribution in [0.4, 0.5) is 17.6 Å². The van der Waals surface area contributed by atoms with Crippen molar-refractivity contribution in [3.63, 3.8) is 0 Å². The summed E-state index contributed by atoms with van der Waals surface area (Å²) in [5.74, 6) is -0.709. The van der Waals surface area contributed by atoms with Gasteiger partial charge >= 0.3 is 6.18 Å². The van der Waals surface area contributed by atoms with Crippen LogP contribution in [0.2, 0.25) is 0 Å². The zero-order chi connectivity index (χ0) is 14.0. The number of benzene rings is 1. The van der Waals surface area contributed by atoms with Crippen LogP contribution in [0.25, 0.3) is 11.4 Å². The average Bonchev–Trinajstić information content (AvgIpc) is 2.77. The van der Waals surface area contributed by atoms with E-state index in [2.05, 4.69) is 15.2 Å². The van der Waals surface area contributed by atoms with Gasteiger partial charge in [0.1, 0.15) is 11.6 Å². The summed E-state index contributed by atoms with van der Waals surface area (Å²) < 4.78 is 51.4. The number of alkyl halides is 3. The van der Waals surface area contributed by atoms with Gasteiger partial charge < -0.3 is 5.73 Å². The van der Waals surface area contributed by atoms with Crippen LogP contribution < -0.4 is 5.73 Å². The molecular weight excluding hydrogens is 264 g/mol. The quantitative estimate of drug-likeness (QED) is 0.842. The van der Waals surface area contributed by atoms with Gasteiger partial charge in [0.05, 0.1) is 5.56 Å². The zero-order valence-corrected chi connectivity index (χ0v) is 9.63. The fourth-order valence-electron chi connectivity index (χ4n) is 1.61. The van der Waals surface area contributed by atoms with E-state index in [0.717, 1.165) is 12.1 Å². The van der Waals surface area contributed by atoms with Gasteiger partial charge in [0.2, 0.25) is 0 Å². The summed E-state index contributed by atoms with van der Waals surface area (Å²) in [6.45, 7) is 0.296. The molecule has 2 rings (SSSR count). The fraction of sp³-hybridized carbons (Fsp3) is 0.273. The second-order valence-corrected chi connectivity index (χ2v) is 3.83. The van der Waals surface area contributed by atoms with Crippen molar-refractivity contribution in [3.05, 3.63) is 35.4 Å². The minimum Gasteiger partial charge on any atom is -0.330 e. The van der Waals surface area contributed by atoms with Crippen LogP contribution in [0.1, 0.15) is 11.4 Å². The van der Waals surface area contributed by atoms with E-state index in [-0.39, 0.29) is 11.4 Å². The van der Waals surface area contributed by atoms with Gasteiger partial charge in [-0.1, -0.05) is 0 Å². The molecule has 1 heterocycles. The molecule has 1 aromatic heterocycles. The van der Waals surface area contributed by atoms with Gasteiger partial charge in [-0.05, 0) is 24.7 Å². The number of hydrogen-bond donors (Lipinski definition) is 2. The Morgan fingerprint density at radius 2 is 2.00 bits per heavy atom. The molecule has 0 spiro atoms. The number of aromatic amines is 1. The maximum Gasteiger partial charge on any atom is 0.417 e. The summed E-state index contributed by atoms with van der Waals surface area (Å²) in [6, 6.07) is 2.37. The number of H-pyrrole nitrogens is 1. The van der Waals surface area contributed by atoms with Crippen LogP contribution >= 0.6 is 0 Å². The van der Waals surface area contributed by atoms with E-state index in [4.69, 9.17) is 5.73 Å². The maximum absolute atomic E-state index is 13.0. The first-order chi connectivity index (χ1) is 8.91. The van der Waals surface area contributed by atoms with Crippen LogP contribution in [-0.2, 0) is 12.6 Å². The van der Waals surface area contributed by atoms with Crippen molar-refractivity contribution < 1.29 is 17.6 Å². The highest BCUT2D eigenvalue weighted by Crippen LogP contribution is 2.36. The molecule has 0 amide bonds. The SMILES string of the molecule is NCCc1nc(-c2ccc(F)cc2C(F)(F)F)n[nH]1. The molecule has 0 fully saturated rings. The highest BCUT2D eigenvalue weighted by Gasteiger charge is 2.35. The van der Waals surface area contributed by atoms with Crippen molar-refractivity contribution in [1.29, 1.82) is 0 Å². The molecule has 0 unspecified atom stereocenters. The van der Waals surface area contributed by atoms with Crippen LogP contribution in [-0.4, -0.2) is 21.7 Å². The lowest BCUT2D eigenvalue weighted by atomic mass is 10.1. The summed E-state index contributed by atoms with van der Waals surface area (Å²) in [6.07, 6.45) is -4.30. The average molecular weight is 274 g/mol. The molecule has 0 saturated carbocycles. The third-order valence-corrected chi connectivity index (χ3v) is 2.44. The van der Waals surface area contributed by atoms with Crippen molar-refractivity contribution in [2.75, 3.05) is 6.54 Å². The fourth-order valence-corrected chi connectivity index (χ4v) is 1.61. The lowest BCUT2D eigenvalue weighted by Gasteiger charge is -2.10. The van der Waals surface area contributed by atoms with Crippen LogP contribution in [0, 0.1) is 5.82 Å². The van der Waals surface area contributed by atoms with E-state index >= 15 is 0 Å². The molecule has 0 aliphatic heterocycles. The largest absolute Gasteiger partial charge is 0.417 e. The number of nitrogens with one attached hydrogen (secondary N) is 1. The highest BCUT2D eigenvalue weighted by molar-refractivity contribution is 5.61. The summed E-state index contributed by atoms with van der Waals surface area (Å²) in [5, 5.41) is 6.19. The number of halogens is 4. The third kappa shape index (κ3) is 2.90. The molecule has 0 aliphatic carbocycles. The van der Waals surface area contributed by atoms with Gasteiger partial charge in [0.15, 0.2) is 5.82 Å². The number of nitrogens with two attached hydrogens (primary N) is 1. The number of rotatable bonds is 3. The summed E-state index contributed by atoms with van der Waals surface area (Å²) >= 11 is 0. The maximum atomic E-state index is 13.0. The van der Waals surface area contributed by atoms with Crippen molar-refractivity contribution >= 4 is 0 Å². The summed E-state index contributed by atoms with van der Waals surface area (Å²) in [5.41, 5.74) is 3.93. The molecule has 102 valence electrons. The molecule has 1 aromatic carbocycles. The molecular formula is C11H10F4N4. The Morgan fingerprint density at radius 1 is 1.26 bits per heavy atom. The molecule has 0 radical (unpaired) electrons. The number of nitrogens with zero attached hydrogens (tertiary/aromatic N) is 2. The molecule has 2 aromatic rings. The van der Waals surface area contributed by atoms with E-state index in [9.17, 15) is 17.6 Å². The smallest absolute Gasteiger partial charge is 0.330 e. The molecule has 0 bridgehead atoms. The topological polar surface area (TPSA) is 67.6 Å². The molecule has 0 aliphatic rings. The van der Waals surface area contributed by atoms with Gasteiger partial charge in [-0.25, -0.2) is 9.37 Å². The Bertz CT molecular complexity index is 576. The number of hydrogen-bond acceptors (Lipinski definition) is 3. The lowest BCUT2D eigenvalue weighted by molar-refractivity contribution is -0.137. The van der Waals surface area contributed by atoms with E-state index in [0.29, 0.717) is 24.9 Å². The lowest BCUT2D eigenvalue weighted by Crippen LogP contribution is -2.08. The molecule has 0 atom stereocenters. The minimum atomic E-state index is -4.67. The Kier molecular flexibility index (Phi) is 3.52. The third-order valence-electron chi connectivity index (χ3n) is 2.44. The van der Waals surface area contributed by atoms with Crippen molar-refractivity contribution in [3.8, 4) is 11.4 Å². The monoisotopic (exact) mass is 274 g/mol. The first-order valence-corrected chi connectivity index (χ1v) is 5.40. The Balaban J connectivity index is 2.48. The normalized spacial score (nSPS) is 11.8. The predicted octanol–water partition coefficient (Wildman–Crippen LogP) is 2.13. The second-order valence-electron chi connectivity index (χ2n) is 3.83. The second kappa shape index (κ2) is 4.96. The van der Waals surface area contributed by atoms with Crippen LogP contribution in [0.15, 0.2) is 18.2 Å². The van der Waals surface area contributed by atoms with Gasteiger partial charge in [-0.3, -0.25) is 5.10 Å². The molecule has 4 nitrogen and oxygen atoms in total. The Morgan fingerprint density at radius 3 is 2.63 bits per heavy atom. The van der Waals surface area contributed by atoms with Gasteiger partial charge in [-0.2, -0.15) is 18.3 Å². The predicted molar refractivity (Wildman–Crippen MR) is 59.5 cm³/mol. The van der Waals surface area contributed by atoms with Crippen molar-refractivity contribution in [1.82, 2.24) is 15.2 Å². The van der Waals surface area contributed by atoms with E-state index in [1.807, 2.05) is 0 Å². The van der Waals surface area contributed by atoms with E-state index in [1.54, 1.807) is 0 Å². The molecule has 3 N–H and O–H groups in total. The molecule has 8 heteroatoms. The van der Waals surface area contributed by atoms with Gasteiger partial charge in [0.25, 0.3) is 0 Å². The first-order valence-electron chi connectivity index (χ1n) is 5.40. The van der Waals surface area contributed by atoms with E-state index in [1.165, 1.54) is 0 Å². The molecule has 19 heavy (non-hydrogen) atoms. The Hall–Kier alpha value is -1.96. The van der Waals surface area contributed by atoms with Crippen LogP contribution in [0.5, 0.6) is 0 Å². The first kappa shape index (κ1) is 13.5. The van der Waals surface area contributed by atoms with E-state index < -0.39 is 17.6 Å². The molecule has 0 saturated heterocycles. The number of aromatic nitrogens is 3. The zero-order valence-electron chi connectivity index (χ0n) is 9.63. The van der Waals surface area contributed by atoms with Gasteiger partial charge in [-0.15, -0.1) is 0 Å². The van der Waals surface area contributed by atoms with Gasteiger partial charge in [0, 0.05) is 12.0 Å². The minimum absolute atomic E-state index is 0.129. The van der Waals surface area contributed by atoms with Crippen LogP contribution in [0.3, 0.4) is 0 Å².